The zero-order valence-electron chi connectivity index (χ0n) is 6.80. The summed E-state index contributed by atoms with van der Waals surface area (Å²) < 4.78 is 5.15. The van der Waals surface area contributed by atoms with E-state index in [1.807, 2.05) is 11.9 Å². The Balaban J connectivity index is 2.89. The predicted octanol–water partition coefficient (Wildman–Crippen LogP) is 0.733. The highest BCUT2D eigenvalue weighted by Crippen LogP contribution is 1.84. The third-order valence-corrected chi connectivity index (χ3v) is 1.28. The van der Waals surface area contributed by atoms with Gasteiger partial charge in [0.2, 0.25) is 0 Å². The number of hydrogen-bond acceptors (Lipinski definition) is 2. The summed E-state index contributed by atoms with van der Waals surface area (Å²) in [5, 5.41) is 9.95. The van der Waals surface area contributed by atoms with E-state index in [4.69, 9.17) is 4.74 Å². The van der Waals surface area contributed by atoms with Crippen molar-refractivity contribution in [3.05, 3.63) is 0 Å². The average molecular weight is 146 g/mol. The van der Waals surface area contributed by atoms with Crippen LogP contribution in [0.15, 0.2) is 0 Å². The molecule has 0 spiro atoms. The first-order chi connectivity index (χ1) is 4.81. The monoisotopic (exact) mass is 146 g/mol. The van der Waals surface area contributed by atoms with Crippen LogP contribution in [-0.2, 0) is 9.84 Å². The molecule has 0 atom stereocenters. The molecule has 0 unspecified atom stereocenters. The van der Waals surface area contributed by atoms with Gasteiger partial charge in [0, 0.05) is 0 Å². The fraction of sp³-hybridized carbons (Fsp3) is 1.00. The van der Waals surface area contributed by atoms with Crippen molar-refractivity contribution in [2.24, 2.45) is 0 Å². The summed E-state index contributed by atoms with van der Waals surface area (Å²) in [4.78, 5) is 2.05. The Morgan fingerprint density at radius 3 is 2.70 bits per heavy atom. The number of nitrogens with zero attached hydrogens (tertiary/aromatic N) is 1. The molecule has 3 nitrogen and oxygen atoms in total. The molecule has 0 bridgehead atoms. The largest absolute Gasteiger partial charge is 0.366 e. The Morgan fingerprint density at radius 1 is 1.50 bits per heavy atom. The quantitative estimate of drug-likeness (QED) is 0.409. The molecule has 0 aliphatic carbocycles. The molecule has 0 amide bonds. The summed E-state index contributed by atoms with van der Waals surface area (Å²) >= 11 is 0. The summed E-state index contributed by atoms with van der Waals surface area (Å²) in [6, 6.07) is 0. The molecule has 0 aliphatic rings. The molecule has 0 aromatic heterocycles. The minimum atomic E-state index is -0.0319. The van der Waals surface area contributed by atoms with E-state index in [9.17, 15) is 5.11 Å². The highest BCUT2D eigenvalue weighted by Gasteiger charge is 1.92. The molecule has 0 aromatic carbocycles. The van der Waals surface area contributed by atoms with Gasteiger partial charge in [0.05, 0.1) is 19.9 Å². The Kier molecular flexibility index (Phi) is 6.91. The van der Waals surface area contributed by atoms with Crippen LogP contribution in [0.1, 0.15) is 13.3 Å². The fourth-order valence-electron chi connectivity index (χ4n) is 0.473. The van der Waals surface area contributed by atoms with Gasteiger partial charge in [-0.2, -0.15) is 0 Å². The smallest absolute Gasteiger partial charge is 0.0987 e. The topological polar surface area (TPSA) is 32.4 Å². The molecular formula is C7H16NO2. The number of hydrogen-bond donors (Lipinski definition) is 0. The molecule has 61 valence electrons. The van der Waals surface area contributed by atoms with Gasteiger partial charge in [-0.1, -0.05) is 6.92 Å². The van der Waals surface area contributed by atoms with Gasteiger partial charge >= 0.3 is 0 Å². The van der Waals surface area contributed by atoms with Crippen molar-refractivity contribution in [1.82, 2.24) is 4.90 Å². The molecule has 0 saturated carbocycles. The first-order valence-corrected chi connectivity index (χ1v) is 3.65. The van der Waals surface area contributed by atoms with Crippen LogP contribution >= 0.6 is 0 Å². The molecule has 0 fully saturated rings. The van der Waals surface area contributed by atoms with E-state index in [1.54, 1.807) is 0 Å². The Morgan fingerprint density at radius 2 is 2.20 bits per heavy atom. The minimum Gasteiger partial charge on any atom is -0.366 e. The van der Waals surface area contributed by atoms with Gasteiger partial charge in [0.25, 0.3) is 0 Å². The van der Waals surface area contributed by atoms with E-state index >= 15 is 0 Å². The summed E-state index contributed by atoms with van der Waals surface area (Å²) in [6.45, 7) is 4.24. The molecule has 0 saturated heterocycles. The van der Waals surface area contributed by atoms with Crippen LogP contribution < -0.4 is 0 Å². The van der Waals surface area contributed by atoms with E-state index in [2.05, 4.69) is 6.92 Å². The van der Waals surface area contributed by atoms with Gasteiger partial charge in [0.1, 0.15) is 0 Å². The summed E-state index contributed by atoms with van der Waals surface area (Å²) in [5.74, 6) is 0. The molecule has 3 heteroatoms. The van der Waals surface area contributed by atoms with Gasteiger partial charge in [-0.3, -0.25) is 4.90 Å². The van der Waals surface area contributed by atoms with Crippen molar-refractivity contribution in [2.75, 3.05) is 33.5 Å². The molecule has 0 heterocycles. The van der Waals surface area contributed by atoms with E-state index in [-0.39, 0.29) is 6.61 Å². The summed E-state index contributed by atoms with van der Waals surface area (Å²) in [7, 11) is 1.98. The summed E-state index contributed by atoms with van der Waals surface area (Å²) in [5.41, 5.74) is 0. The third-order valence-electron chi connectivity index (χ3n) is 1.28. The normalized spacial score (nSPS) is 10.8. The lowest BCUT2D eigenvalue weighted by Gasteiger charge is -2.12. The average Bonchev–Trinajstić information content (AvgIpc) is 1.98. The van der Waals surface area contributed by atoms with Crippen LogP contribution in [0.4, 0.5) is 0 Å². The van der Waals surface area contributed by atoms with Crippen LogP contribution in [-0.4, -0.2) is 38.4 Å². The number of ether oxygens (including phenoxy) is 1. The molecule has 0 aromatic rings. The Hall–Kier alpha value is -0.120. The Labute approximate surface area is 62.6 Å². The van der Waals surface area contributed by atoms with Crippen molar-refractivity contribution >= 4 is 0 Å². The van der Waals surface area contributed by atoms with Crippen molar-refractivity contribution < 1.29 is 9.84 Å². The van der Waals surface area contributed by atoms with E-state index in [0.29, 0.717) is 19.8 Å². The SMILES string of the molecule is CCN(C)COCCC[O]. The zero-order valence-corrected chi connectivity index (χ0v) is 6.80. The highest BCUT2D eigenvalue weighted by molar-refractivity contribution is 4.36. The first kappa shape index (κ1) is 9.88. The molecular weight excluding hydrogens is 130 g/mol. The maximum absolute atomic E-state index is 9.95. The van der Waals surface area contributed by atoms with Crippen LogP contribution in [0.5, 0.6) is 0 Å². The van der Waals surface area contributed by atoms with Crippen LogP contribution in [0, 0.1) is 0 Å². The third kappa shape index (κ3) is 6.01. The maximum atomic E-state index is 9.95. The fourth-order valence-corrected chi connectivity index (χ4v) is 0.473. The lowest BCUT2D eigenvalue weighted by Crippen LogP contribution is -2.21. The second-order valence-corrected chi connectivity index (χ2v) is 2.27. The molecule has 0 N–H and O–H groups in total. The number of rotatable bonds is 6. The Bertz CT molecular complexity index is 68.6. The molecule has 10 heavy (non-hydrogen) atoms. The van der Waals surface area contributed by atoms with Gasteiger partial charge in [0.15, 0.2) is 0 Å². The molecule has 0 aliphatic heterocycles. The molecule has 0 rings (SSSR count). The van der Waals surface area contributed by atoms with Crippen LogP contribution in [0.25, 0.3) is 0 Å². The maximum Gasteiger partial charge on any atom is 0.0987 e. The van der Waals surface area contributed by atoms with Crippen molar-refractivity contribution in [3.8, 4) is 0 Å². The molecule has 1 radical (unpaired) electrons. The van der Waals surface area contributed by atoms with Gasteiger partial charge in [-0.25, -0.2) is 5.11 Å². The standard InChI is InChI=1S/C7H16NO2/c1-3-8(2)7-10-6-4-5-9/h3-7H2,1-2H3. The second-order valence-electron chi connectivity index (χ2n) is 2.27. The van der Waals surface area contributed by atoms with Crippen LogP contribution in [0.2, 0.25) is 0 Å². The van der Waals surface area contributed by atoms with E-state index in [1.165, 1.54) is 0 Å². The highest BCUT2D eigenvalue weighted by atomic mass is 16.5. The van der Waals surface area contributed by atoms with Gasteiger partial charge < -0.3 is 4.74 Å². The van der Waals surface area contributed by atoms with Crippen LogP contribution in [0.3, 0.4) is 0 Å². The summed E-state index contributed by atoms with van der Waals surface area (Å²) in [6.07, 6.45) is 0.623. The van der Waals surface area contributed by atoms with Crippen molar-refractivity contribution in [2.45, 2.75) is 13.3 Å². The predicted molar refractivity (Wildman–Crippen MR) is 39.3 cm³/mol. The van der Waals surface area contributed by atoms with Gasteiger partial charge in [-0.15, -0.1) is 0 Å². The lowest BCUT2D eigenvalue weighted by molar-refractivity contribution is 0.0330. The lowest BCUT2D eigenvalue weighted by atomic mass is 10.5. The minimum absolute atomic E-state index is 0.0319. The first-order valence-electron chi connectivity index (χ1n) is 3.65. The second kappa shape index (κ2) is 6.99. The van der Waals surface area contributed by atoms with Gasteiger partial charge in [-0.05, 0) is 20.0 Å². The van der Waals surface area contributed by atoms with Crippen molar-refractivity contribution in [1.29, 1.82) is 0 Å². The van der Waals surface area contributed by atoms with Crippen molar-refractivity contribution in [3.63, 3.8) is 0 Å². The van der Waals surface area contributed by atoms with E-state index < -0.39 is 0 Å². The van der Waals surface area contributed by atoms with E-state index in [0.717, 1.165) is 6.54 Å². The zero-order chi connectivity index (χ0) is 7.82.